The Kier molecular flexibility index (Phi) is 7.02. The van der Waals surface area contributed by atoms with Crippen LogP contribution in [-0.4, -0.2) is 23.9 Å². The summed E-state index contributed by atoms with van der Waals surface area (Å²) >= 11 is 0. The van der Waals surface area contributed by atoms with Crippen molar-refractivity contribution in [1.82, 2.24) is 0 Å². The van der Waals surface area contributed by atoms with Gasteiger partial charge < -0.3 is 9.84 Å². The Morgan fingerprint density at radius 2 is 1.64 bits per heavy atom. The molecule has 5 aliphatic rings. The third-order valence-electron chi connectivity index (χ3n) is 12.9. The lowest BCUT2D eigenvalue weighted by Crippen LogP contribution is -2.56. The van der Waals surface area contributed by atoms with Gasteiger partial charge in [0.05, 0.1) is 5.60 Å². The van der Waals surface area contributed by atoms with Crippen molar-refractivity contribution in [1.29, 1.82) is 0 Å². The van der Waals surface area contributed by atoms with E-state index in [1.54, 1.807) is 0 Å². The maximum atomic E-state index is 11.1. The zero-order chi connectivity index (χ0) is 23.3. The van der Waals surface area contributed by atoms with Gasteiger partial charge in [-0.1, -0.05) is 47.0 Å². The quantitative estimate of drug-likeness (QED) is 0.436. The summed E-state index contributed by atoms with van der Waals surface area (Å²) in [4.78, 5) is 0. The summed E-state index contributed by atoms with van der Waals surface area (Å²) in [6.07, 6.45) is 20.1. The zero-order valence-electron chi connectivity index (χ0n) is 22.4. The highest BCUT2D eigenvalue weighted by molar-refractivity contribution is 5.10. The molecular weight excluding hydrogens is 404 g/mol. The Labute approximate surface area is 205 Å². The minimum Gasteiger partial charge on any atom is -0.390 e. The lowest BCUT2D eigenvalue weighted by molar-refractivity contribution is -0.152. The highest BCUT2D eigenvalue weighted by atomic mass is 16.5. The molecule has 2 nitrogen and oxygen atoms in total. The lowest BCUT2D eigenvalue weighted by atomic mass is 9.43. The van der Waals surface area contributed by atoms with Crippen LogP contribution >= 0.6 is 0 Å². The van der Waals surface area contributed by atoms with Crippen LogP contribution in [0.5, 0.6) is 0 Å². The van der Waals surface area contributed by atoms with Crippen molar-refractivity contribution < 1.29 is 9.84 Å². The molecule has 0 aromatic rings. The molecule has 33 heavy (non-hydrogen) atoms. The molecule has 0 bridgehead atoms. The van der Waals surface area contributed by atoms with Gasteiger partial charge in [-0.25, -0.2) is 0 Å². The van der Waals surface area contributed by atoms with Crippen LogP contribution in [0.4, 0.5) is 0 Å². The molecule has 1 saturated heterocycles. The molecule has 1 aliphatic heterocycles. The summed E-state index contributed by atoms with van der Waals surface area (Å²) in [6, 6.07) is 0. The maximum Gasteiger partial charge on any atom is 0.0648 e. The molecule has 2 heteroatoms. The number of fused-ring (bicyclic) bond motifs is 5. The fourth-order valence-electron chi connectivity index (χ4n) is 10.6. The van der Waals surface area contributed by atoms with Gasteiger partial charge in [-0.05, 0) is 129 Å². The molecule has 4 saturated carbocycles. The van der Waals surface area contributed by atoms with E-state index in [0.29, 0.717) is 10.8 Å². The second kappa shape index (κ2) is 9.42. The Bertz CT molecular complexity index is 670. The van der Waals surface area contributed by atoms with E-state index in [9.17, 15) is 5.11 Å². The number of ether oxygens (including phenoxy) is 1. The summed E-state index contributed by atoms with van der Waals surface area (Å²) in [5, 5.41) is 11.1. The third-order valence-corrected chi connectivity index (χ3v) is 12.9. The van der Waals surface area contributed by atoms with Gasteiger partial charge in [0.15, 0.2) is 0 Å². The first kappa shape index (κ1) is 24.6. The molecule has 5 fully saturated rings. The topological polar surface area (TPSA) is 29.5 Å². The monoisotopic (exact) mass is 458 g/mol. The number of aliphatic hydroxyl groups is 1. The average Bonchev–Trinajstić information content (AvgIpc) is 3.17. The molecule has 1 heterocycles. The first-order valence-corrected chi connectivity index (χ1v) is 15.1. The van der Waals surface area contributed by atoms with Crippen LogP contribution in [0.3, 0.4) is 0 Å². The van der Waals surface area contributed by atoms with E-state index < -0.39 is 0 Å². The van der Waals surface area contributed by atoms with Crippen molar-refractivity contribution in [2.75, 3.05) is 13.2 Å². The van der Waals surface area contributed by atoms with Gasteiger partial charge in [0.1, 0.15) is 0 Å². The minimum absolute atomic E-state index is 0.362. The van der Waals surface area contributed by atoms with E-state index >= 15 is 0 Å². The molecule has 9 atom stereocenters. The van der Waals surface area contributed by atoms with Crippen molar-refractivity contribution in [3.05, 3.63) is 0 Å². The minimum atomic E-state index is -0.362. The zero-order valence-corrected chi connectivity index (χ0v) is 22.4. The van der Waals surface area contributed by atoms with Gasteiger partial charge in [0.2, 0.25) is 0 Å². The van der Waals surface area contributed by atoms with Crippen molar-refractivity contribution >= 4 is 0 Å². The van der Waals surface area contributed by atoms with Crippen molar-refractivity contribution in [3.63, 3.8) is 0 Å². The van der Waals surface area contributed by atoms with Crippen LogP contribution < -0.4 is 0 Å². The number of hydrogen-bond donors (Lipinski definition) is 1. The number of rotatable bonds is 6. The van der Waals surface area contributed by atoms with E-state index in [2.05, 4.69) is 27.7 Å². The molecule has 0 amide bonds. The highest BCUT2D eigenvalue weighted by Gasteiger charge is 2.61. The predicted molar refractivity (Wildman–Crippen MR) is 137 cm³/mol. The van der Waals surface area contributed by atoms with Gasteiger partial charge in [-0.2, -0.15) is 0 Å². The van der Waals surface area contributed by atoms with Crippen LogP contribution in [0, 0.1) is 52.3 Å². The Hall–Kier alpha value is -0.0800. The largest absolute Gasteiger partial charge is 0.390 e. The van der Waals surface area contributed by atoms with Crippen molar-refractivity contribution in [3.8, 4) is 0 Å². The fraction of sp³-hybridized carbons (Fsp3) is 1.00. The van der Waals surface area contributed by atoms with Gasteiger partial charge in [-0.15, -0.1) is 0 Å². The van der Waals surface area contributed by atoms with Gasteiger partial charge in [0, 0.05) is 13.2 Å². The molecule has 190 valence electrons. The van der Waals surface area contributed by atoms with E-state index in [1.165, 1.54) is 77.0 Å². The van der Waals surface area contributed by atoms with Crippen LogP contribution in [0.15, 0.2) is 0 Å². The van der Waals surface area contributed by atoms with Crippen molar-refractivity contribution in [2.24, 2.45) is 52.3 Å². The SMILES string of the molecule is CC[C@]1(O)CC[C@@]2(C)[C@H](CCC3[C@@H]2CC[C@]2(C)[C@@H]([C@H](C)CCCC4CCOCC4)CC[C@@H]32)C1. The van der Waals surface area contributed by atoms with Crippen LogP contribution in [-0.2, 0) is 4.74 Å². The van der Waals surface area contributed by atoms with Crippen molar-refractivity contribution in [2.45, 2.75) is 130 Å². The lowest BCUT2D eigenvalue weighted by Gasteiger charge is -2.62. The van der Waals surface area contributed by atoms with Gasteiger partial charge in [-0.3, -0.25) is 0 Å². The summed E-state index contributed by atoms with van der Waals surface area (Å²) in [5.41, 5.74) is 0.735. The Balaban J connectivity index is 1.22. The molecular formula is C31H54O2. The fourth-order valence-corrected chi connectivity index (χ4v) is 10.6. The molecule has 1 N–H and O–H groups in total. The Morgan fingerprint density at radius 1 is 0.879 bits per heavy atom. The summed E-state index contributed by atoms with van der Waals surface area (Å²) in [5.74, 6) is 6.44. The Morgan fingerprint density at radius 3 is 2.39 bits per heavy atom. The molecule has 4 aliphatic carbocycles. The number of hydrogen-bond acceptors (Lipinski definition) is 2. The van der Waals surface area contributed by atoms with Gasteiger partial charge >= 0.3 is 0 Å². The first-order chi connectivity index (χ1) is 15.8. The second-order valence-corrected chi connectivity index (χ2v) is 14.1. The van der Waals surface area contributed by atoms with Crippen LogP contribution in [0.2, 0.25) is 0 Å². The van der Waals surface area contributed by atoms with E-state index in [1.807, 2.05) is 0 Å². The van der Waals surface area contributed by atoms with Gasteiger partial charge in [0.25, 0.3) is 0 Å². The first-order valence-electron chi connectivity index (χ1n) is 15.1. The van der Waals surface area contributed by atoms with Crippen LogP contribution in [0.25, 0.3) is 0 Å². The molecule has 5 rings (SSSR count). The normalized spacial score (nSPS) is 49.2. The maximum absolute atomic E-state index is 11.1. The highest BCUT2D eigenvalue weighted by Crippen LogP contribution is 2.69. The van der Waals surface area contributed by atoms with Crippen LogP contribution in [0.1, 0.15) is 124 Å². The molecule has 0 radical (unpaired) electrons. The smallest absolute Gasteiger partial charge is 0.0648 e. The molecule has 0 aromatic carbocycles. The van der Waals surface area contributed by atoms with E-state index in [0.717, 1.165) is 73.9 Å². The summed E-state index contributed by atoms with van der Waals surface area (Å²) in [7, 11) is 0. The molecule has 0 aromatic heterocycles. The third kappa shape index (κ3) is 4.36. The standard InChI is InChI=1S/C31H54O2/c1-5-31(32)18-17-29(3)24(21-31)9-10-25-27-12-11-26(30(27,4)16-13-28(25)29)22(2)7-6-8-23-14-19-33-20-15-23/h22-28,32H,5-21H2,1-4H3/t22-,24-,25?,26-,27+,28+,29+,30-,31+/m1/s1. The molecule has 0 spiro atoms. The van der Waals surface area contributed by atoms with E-state index in [4.69, 9.17) is 4.74 Å². The van der Waals surface area contributed by atoms with E-state index in [-0.39, 0.29) is 5.60 Å². The summed E-state index contributed by atoms with van der Waals surface area (Å²) in [6.45, 7) is 12.2. The average molecular weight is 459 g/mol. The second-order valence-electron chi connectivity index (χ2n) is 14.1. The summed E-state index contributed by atoms with van der Waals surface area (Å²) < 4.78 is 5.57. The molecule has 1 unspecified atom stereocenters. The predicted octanol–water partition coefficient (Wildman–Crippen LogP) is 8.02.